The second-order valence-electron chi connectivity index (χ2n) is 4.84. The van der Waals surface area contributed by atoms with Crippen molar-refractivity contribution >= 4 is 18.1 Å². The highest BCUT2D eigenvalue weighted by molar-refractivity contribution is 5.88. The van der Waals surface area contributed by atoms with E-state index in [1.54, 1.807) is 26.4 Å². The number of carbonyl (C=O) groups is 2. The van der Waals surface area contributed by atoms with Crippen molar-refractivity contribution in [3.8, 4) is 0 Å². The predicted octanol–water partition coefficient (Wildman–Crippen LogP) is 1.85. The number of esters is 1. The van der Waals surface area contributed by atoms with Crippen molar-refractivity contribution in [2.75, 3.05) is 11.5 Å². The van der Waals surface area contributed by atoms with Gasteiger partial charge in [0.2, 0.25) is 6.41 Å². The Morgan fingerprint density at radius 3 is 2.68 bits per heavy atom. The summed E-state index contributed by atoms with van der Waals surface area (Å²) >= 11 is 0. The maximum absolute atomic E-state index is 11.8. The first-order valence-corrected chi connectivity index (χ1v) is 7.10. The summed E-state index contributed by atoms with van der Waals surface area (Å²) in [6.45, 7) is 4.38. The molecule has 6 heteroatoms. The van der Waals surface area contributed by atoms with E-state index in [1.807, 2.05) is 35.0 Å². The van der Waals surface area contributed by atoms with Gasteiger partial charge in [-0.2, -0.15) is 0 Å². The Hall–Kier alpha value is -2.63. The van der Waals surface area contributed by atoms with Gasteiger partial charge in [0.15, 0.2) is 0 Å². The Morgan fingerprint density at radius 1 is 1.41 bits per heavy atom. The number of carbonyl (C=O) groups excluding carboxylic acids is 2. The van der Waals surface area contributed by atoms with Crippen LogP contribution in [-0.2, 0) is 20.9 Å². The van der Waals surface area contributed by atoms with Crippen LogP contribution in [-0.4, -0.2) is 34.6 Å². The fourth-order valence-corrected chi connectivity index (χ4v) is 2.12. The number of imidazole rings is 1. The monoisotopic (exact) mass is 301 g/mol. The summed E-state index contributed by atoms with van der Waals surface area (Å²) < 4.78 is 6.90. The third kappa shape index (κ3) is 3.72. The summed E-state index contributed by atoms with van der Waals surface area (Å²) in [5.41, 5.74) is 1.74. The summed E-state index contributed by atoms with van der Waals surface area (Å²) in [6.07, 6.45) is 6.00. The molecule has 1 aromatic carbocycles. The molecule has 1 amide bonds. The maximum Gasteiger partial charge on any atom is 0.328 e. The molecule has 0 fully saturated rings. The minimum atomic E-state index is -0.656. The van der Waals surface area contributed by atoms with Crippen molar-refractivity contribution in [1.29, 1.82) is 0 Å². The third-order valence-corrected chi connectivity index (χ3v) is 3.32. The molecular formula is C16H19N3O3. The first kappa shape index (κ1) is 15.8. The molecule has 0 spiro atoms. The lowest BCUT2D eigenvalue weighted by Crippen LogP contribution is -2.39. The summed E-state index contributed by atoms with van der Waals surface area (Å²) in [5, 5.41) is 0. The number of hydrogen-bond donors (Lipinski definition) is 0. The lowest BCUT2D eigenvalue weighted by molar-refractivity contribution is -0.144. The number of amides is 1. The molecule has 0 saturated carbocycles. The molecule has 0 radical (unpaired) electrons. The fraction of sp³-hybridized carbons (Fsp3) is 0.312. The summed E-state index contributed by atoms with van der Waals surface area (Å²) in [7, 11) is 0. The Kier molecular flexibility index (Phi) is 5.30. The lowest BCUT2D eigenvalue weighted by atomic mass is 10.1. The molecule has 2 rings (SSSR count). The molecular weight excluding hydrogens is 282 g/mol. The molecule has 1 atom stereocenters. The topological polar surface area (TPSA) is 64.4 Å². The molecule has 116 valence electrons. The van der Waals surface area contributed by atoms with Gasteiger partial charge in [-0.3, -0.25) is 4.79 Å². The quantitative estimate of drug-likeness (QED) is 0.578. The van der Waals surface area contributed by atoms with E-state index in [1.165, 1.54) is 4.90 Å². The largest absolute Gasteiger partial charge is 0.464 e. The zero-order chi connectivity index (χ0) is 15.9. The summed E-state index contributed by atoms with van der Waals surface area (Å²) in [5.74, 6) is -0.419. The van der Waals surface area contributed by atoms with Gasteiger partial charge in [0.1, 0.15) is 6.04 Å². The Labute approximate surface area is 129 Å². The maximum atomic E-state index is 11.8. The highest BCUT2D eigenvalue weighted by Gasteiger charge is 2.22. The zero-order valence-corrected chi connectivity index (χ0v) is 12.7. The fourth-order valence-electron chi connectivity index (χ4n) is 2.12. The second-order valence-corrected chi connectivity index (χ2v) is 4.84. The minimum absolute atomic E-state index is 0.291. The average molecular weight is 301 g/mol. The van der Waals surface area contributed by atoms with E-state index in [-0.39, 0.29) is 0 Å². The lowest BCUT2D eigenvalue weighted by Gasteiger charge is -2.23. The van der Waals surface area contributed by atoms with Gasteiger partial charge in [0, 0.05) is 24.6 Å². The van der Waals surface area contributed by atoms with E-state index in [4.69, 9.17) is 4.74 Å². The smallest absolute Gasteiger partial charge is 0.328 e. The van der Waals surface area contributed by atoms with Crippen LogP contribution in [0.1, 0.15) is 19.4 Å². The Balaban J connectivity index is 2.10. The molecule has 0 bridgehead atoms. The Morgan fingerprint density at radius 2 is 2.14 bits per heavy atom. The summed E-state index contributed by atoms with van der Waals surface area (Å²) in [4.78, 5) is 28.4. The molecule has 1 unspecified atom stereocenters. The number of ether oxygens (including phenoxy) is 1. The van der Waals surface area contributed by atoms with Gasteiger partial charge in [-0.15, -0.1) is 0 Å². The molecule has 0 aliphatic heterocycles. The van der Waals surface area contributed by atoms with Crippen LogP contribution in [0.25, 0.3) is 0 Å². The molecule has 1 heterocycles. The predicted molar refractivity (Wildman–Crippen MR) is 82.4 cm³/mol. The zero-order valence-electron chi connectivity index (χ0n) is 12.7. The van der Waals surface area contributed by atoms with Gasteiger partial charge in [-0.05, 0) is 31.5 Å². The highest BCUT2D eigenvalue weighted by Crippen LogP contribution is 2.17. The van der Waals surface area contributed by atoms with Crippen LogP contribution in [0, 0.1) is 0 Å². The Bertz CT molecular complexity index is 608. The molecule has 6 nitrogen and oxygen atoms in total. The molecule has 0 aliphatic carbocycles. The van der Waals surface area contributed by atoms with Crippen molar-refractivity contribution in [2.24, 2.45) is 0 Å². The van der Waals surface area contributed by atoms with Crippen molar-refractivity contribution < 1.29 is 14.3 Å². The summed E-state index contributed by atoms with van der Waals surface area (Å²) in [6, 6.07) is 6.82. The first-order chi connectivity index (χ1) is 10.7. The molecule has 2 aromatic rings. The number of nitrogens with zero attached hydrogens (tertiary/aromatic N) is 3. The molecule has 0 aliphatic rings. The number of anilines is 1. The van der Waals surface area contributed by atoms with E-state index in [9.17, 15) is 9.59 Å². The molecule has 0 saturated heterocycles. The van der Waals surface area contributed by atoms with Crippen molar-refractivity contribution in [3.05, 3.63) is 48.5 Å². The first-order valence-electron chi connectivity index (χ1n) is 7.10. The van der Waals surface area contributed by atoms with Crippen LogP contribution < -0.4 is 4.90 Å². The van der Waals surface area contributed by atoms with Crippen molar-refractivity contribution in [3.63, 3.8) is 0 Å². The highest BCUT2D eigenvalue weighted by atomic mass is 16.5. The van der Waals surface area contributed by atoms with Gasteiger partial charge in [-0.1, -0.05) is 12.1 Å². The van der Waals surface area contributed by atoms with Crippen LogP contribution in [0.2, 0.25) is 0 Å². The van der Waals surface area contributed by atoms with Crippen LogP contribution in [0.4, 0.5) is 5.69 Å². The number of hydrogen-bond acceptors (Lipinski definition) is 4. The van der Waals surface area contributed by atoms with Crippen LogP contribution in [0.5, 0.6) is 0 Å². The van der Waals surface area contributed by atoms with Crippen molar-refractivity contribution in [2.45, 2.75) is 26.4 Å². The van der Waals surface area contributed by atoms with E-state index in [0.29, 0.717) is 25.2 Å². The van der Waals surface area contributed by atoms with Gasteiger partial charge in [0.05, 0.1) is 12.9 Å². The van der Waals surface area contributed by atoms with Gasteiger partial charge < -0.3 is 14.2 Å². The van der Waals surface area contributed by atoms with E-state index in [2.05, 4.69) is 4.98 Å². The van der Waals surface area contributed by atoms with Crippen LogP contribution in [0.15, 0.2) is 43.0 Å². The normalized spacial score (nSPS) is 11.7. The van der Waals surface area contributed by atoms with E-state index < -0.39 is 12.0 Å². The number of aromatic nitrogens is 2. The van der Waals surface area contributed by atoms with Crippen LogP contribution >= 0.6 is 0 Å². The molecule has 0 N–H and O–H groups in total. The number of benzene rings is 1. The molecule has 1 aromatic heterocycles. The van der Waals surface area contributed by atoms with Gasteiger partial charge >= 0.3 is 5.97 Å². The SMILES string of the molecule is CCOC(=O)C(C)N(C=O)c1ccc(Cn2ccnc2)cc1. The standard InChI is InChI=1S/C16H19N3O3/c1-3-22-16(21)13(2)19(12-20)15-6-4-14(5-7-15)10-18-9-8-17-11-18/h4-9,11-13H,3,10H2,1-2H3. The van der Waals surface area contributed by atoms with Gasteiger partial charge in [0.25, 0.3) is 0 Å². The third-order valence-electron chi connectivity index (χ3n) is 3.32. The van der Waals surface area contributed by atoms with E-state index in [0.717, 1.165) is 5.56 Å². The van der Waals surface area contributed by atoms with Crippen molar-refractivity contribution in [1.82, 2.24) is 9.55 Å². The second kappa shape index (κ2) is 7.40. The number of rotatable bonds is 7. The average Bonchev–Trinajstić information content (AvgIpc) is 3.03. The van der Waals surface area contributed by atoms with Crippen LogP contribution in [0.3, 0.4) is 0 Å². The van der Waals surface area contributed by atoms with E-state index >= 15 is 0 Å². The molecule has 22 heavy (non-hydrogen) atoms. The van der Waals surface area contributed by atoms with Gasteiger partial charge in [-0.25, -0.2) is 9.78 Å². The minimum Gasteiger partial charge on any atom is -0.464 e.